The summed E-state index contributed by atoms with van der Waals surface area (Å²) in [6, 6.07) is 16.8. The van der Waals surface area contributed by atoms with Gasteiger partial charge in [-0.15, -0.1) is 0 Å². The van der Waals surface area contributed by atoms with Gasteiger partial charge in [0, 0.05) is 30.7 Å². The van der Waals surface area contributed by atoms with Crippen LogP contribution in [0, 0.1) is 18.7 Å². The minimum atomic E-state index is -1.07. The lowest BCUT2D eigenvalue weighted by atomic mass is 9.80. The van der Waals surface area contributed by atoms with Crippen molar-refractivity contribution in [2.45, 2.75) is 42.3 Å². The van der Waals surface area contributed by atoms with E-state index < -0.39 is 5.54 Å². The van der Waals surface area contributed by atoms with Gasteiger partial charge < -0.3 is 20.9 Å². The molecule has 9 heteroatoms. The maximum Gasteiger partial charge on any atom is 0.248 e. The smallest absolute Gasteiger partial charge is 0.248 e. The number of nitrogens with one attached hydrogen (secondary N) is 2. The lowest BCUT2D eigenvalue weighted by Crippen LogP contribution is -2.52. The number of rotatable bonds is 9. The first-order valence-corrected chi connectivity index (χ1v) is 13.5. The van der Waals surface area contributed by atoms with Crippen molar-refractivity contribution in [3.63, 3.8) is 0 Å². The number of aryl methyl sites for hydroxylation is 1. The largest absolute Gasteiger partial charge is 0.380 e. The summed E-state index contributed by atoms with van der Waals surface area (Å²) in [5.74, 6) is 0.680. The van der Waals surface area contributed by atoms with E-state index in [4.69, 9.17) is 15.7 Å². The number of carbonyl (C=O) groups is 1. The minimum absolute atomic E-state index is 0.0759. The summed E-state index contributed by atoms with van der Waals surface area (Å²) in [4.78, 5) is 23.1. The van der Waals surface area contributed by atoms with Gasteiger partial charge in [0.25, 0.3) is 0 Å². The van der Waals surface area contributed by atoms with Gasteiger partial charge in [-0.1, -0.05) is 30.0 Å². The van der Waals surface area contributed by atoms with Crippen molar-refractivity contribution in [3.05, 3.63) is 83.3 Å². The molecule has 1 saturated heterocycles. The van der Waals surface area contributed by atoms with Crippen molar-refractivity contribution < 1.29 is 9.18 Å². The average Bonchev–Trinajstić information content (AvgIpc) is 3.61. The van der Waals surface area contributed by atoms with E-state index >= 15 is 0 Å². The normalized spacial score (nSPS) is 17.4. The zero-order valence-electron chi connectivity index (χ0n) is 20.6. The van der Waals surface area contributed by atoms with Crippen LogP contribution in [0.4, 0.5) is 10.1 Å². The van der Waals surface area contributed by atoms with Crippen molar-refractivity contribution in [3.8, 4) is 11.5 Å². The van der Waals surface area contributed by atoms with E-state index in [2.05, 4.69) is 28.8 Å². The number of amides is 1. The first-order chi connectivity index (χ1) is 17.9. The van der Waals surface area contributed by atoms with Gasteiger partial charge in [-0.2, -0.15) is 0 Å². The Morgan fingerprint density at radius 2 is 1.97 bits per heavy atom. The number of carbonyl (C=O) groups excluding carboxylic acids is 1. The molecule has 1 amide bonds. The third-order valence-corrected chi connectivity index (χ3v) is 8.29. The summed E-state index contributed by atoms with van der Waals surface area (Å²) in [5.41, 5.74) is 9.83. The van der Waals surface area contributed by atoms with Crippen molar-refractivity contribution >= 4 is 23.4 Å². The van der Waals surface area contributed by atoms with Gasteiger partial charge in [0.05, 0.1) is 6.04 Å². The quantitative estimate of drug-likeness (QED) is 0.289. The molecular formula is C28H29FN6OS. The predicted octanol–water partition coefficient (Wildman–Crippen LogP) is 4.15. The number of benzene rings is 2. The summed E-state index contributed by atoms with van der Waals surface area (Å²) in [6.45, 7) is 3.87. The van der Waals surface area contributed by atoms with Crippen LogP contribution in [0.5, 0.6) is 0 Å². The number of nitrogens with zero attached hydrogens (tertiary/aromatic N) is 3. The average molecular weight is 517 g/mol. The molecule has 37 heavy (non-hydrogen) atoms. The van der Waals surface area contributed by atoms with Gasteiger partial charge in [-0.25, -0.2) is 14.4 Å². The third-order valence-electron chi connectivity index (χ3n) is 7.37. The first-order valence-electron chi connectivity index (χ1n) is 12.6. The number of anilines is 1. The maximum absolute atomic E-state index is 13.5. The Kier molecular flexibility index (Phi) is 6.12. The molecule has 1 saturated carbocycles. The molecule has 1 aliphatic carbocycles. The molecule has 2 aromatic carbocycles. The molecule has 0 bridgehead atoms. The number of fused-ring (bicyclic) bond motifs is 1. The molecule has 7 nitrogen and oxygen atoms in total. The molecule has 1 unspecified atom stereocenters. The SMILES string of the molecule is Cc1ccc(NC2CNC2)cc1C(C(N)=O)(C1CC1)n1cccc2nc(SCc3ccc(F)cc3)nc1-2. The van der Waals surface area contributed by atoms with E-state index in [0.717, 1.165) is 48.3 Å². The second-order valence-electron chi connectivity index (χ2n) is 9.94. The lowest BCUT2D eigenvalue weighted by molar-refractivity contribution is -0.125. The van der Waals surface area contributed by atoms with Crippen LogP contribution in [-0.2, 0) is 16.1 Å². The molecular weight excluding hydrogens is 487 g/mol. The van der Waals surface area contributed by atoms with E-state index in [-0.39, 0.29) is 17.6 Å². The molecule has 0 aromatic heterocycles. The molecule has 3 heterocycles. The fraction of sp³-hybridized carbons (Fsp3) is 0.321. The highest BCUT2D eigenvalue weighted by Gasteiger charge is 2.54. The summed E-state index contributed by atoms with van der Waals surface area (Å²) < 4.78 is 15.2. The maximum atomic E-state index is 13.5. The van der Waals surface area contributed by atoms with Gasteiger partial charge >= 0.3 is 0 Å². The molecule has 3 aliphatic heterocycles. The Labute approximate surface area is 219 Å². The van der Waals surface area contributed by atoms with Gasteiger partial charge in [0.15, 0.2) is 16.5 Å². The Morgan fingerprint density at radius 1 is 1.19 bits per heavy atom. The highest BCUT2D eigenvalue weighted by molar-refractivity contribution is 7.98. The van der Waals surface area contributed by atoms with Crippen LogP contribution in [0.3, 0.4) is 0 Å². The molecule has 2 fully saturated rings. The fourth-order valence-corrected chi connectivity index (χ4v) is 6.03. The zero-order chi connectivity index (χ0) is 25.6. The van der Waals surface area contributed by atoms with Gasteiger partial charge in [-0.05, 0) is 78.8 Å². The minimum Gasteiger partial charge on any atom is -0.380 e. The highest BCUT2D eigenvalue weighted by atomic mass is 32.2. The molecule has 0 radical (unpaired) electrons. The number of primary amides is 1. The molecule has 2 aromatic rings. The number of nitrogens with two attached hydrogens (primary N) is 1. The monoisotopic (exact) mass is 516 g/mol. The second-order valence-corrected chi connectivity index (χ2v) is 10.9. The molecule has 4 aliphatic rings. The Bertz CT molecular complexity index is 1410. The Morgan fingerprint density at radius 3 is 2.65 bits per heavy atom. The summed E-state index contributed by atoms with van der Waals surface area (Å²) in [6.07, 6.45) is 3.73. The predicted molar refractivity (Wildman–Crippen MR) is 143 cm³/mol. The van der Waals surface area contributed by atoms with Crippen molar-refractivity contribution in [2.75, 3.05) is 18.4 Å². The van der Waals surface area contributed by atoms with Crippen LogP contribution in [0.1, 0.15) is 29.5 Å². The Hall–Kier alpha value is -3.43. The van der Waals surface area contributed by atoms with E-state index in [0.29, 0.717) is 28.5 Å². The molecule has 6 rings (SSSR count). The topological polar surface area (TPSA) is 97.9 Å². The van der Waals surface area contributed by atoms with E-state index in [9.17, 15) is 9.18 Å². The molecule has 4 N–H and O–H groups in total. The van der Waals surface area contributed by atoms with Crippen molar-refractivity contribution in [2.24, 2.45) is 11.7 Å². The van der Waals surface area contributed by atoms with Crippen LogP contribution < -0.4 is 16.4 Å². The number of aromatic nitrogens is 3. The molecule has 1 atom stereocenters. The number of hydrogen-bond donors (Lipinski definition) is 3. The first kappa shape index (κ1) is 23.9. The van der Waals surface area contributed by atoms with Crippen LogP contribution in [-0.4, -0.2) is 39.6 Å². The number of hydrogen-bond acceptors (Lipinski definition) is 6. The van der Waals surface area contributed by atoms with Crippen LogP contribution in [0.2, 0.25) is 0 Å². The van der Waals surface area contributed by atoms with Crippen molar-refractivity contribution in [1.82, 2.24) is 19.9 Å². The van der Waals surface area contributed by atoms with E-state index in [1.807, 2.05) is 29.8 Å². The third kappa shape index (κ3) is 4.36. The van der Waals surface area contributed by atoms with Crippen LogP contribution in [0.15, 0.2) is 66.0 Å². The van der Waals surface area contributed by atoms with Crippen molar-refractivity contribution in [1.29, 1.82) is 0 Å². The second kappa shape index (κ2) is 9.46. The van der Waals surface area contributed by atoms with Crippen LogP contribution >= 0.6 is 11.8 Å². The highest BCUT2D eigenvalue weighted by Crippen LogP contribution is 2.51. The lowest BCUT2D eigenvalue weighted by Gasteiger charge is -2.37. The number of pyridine rings is 1. The summed E-state index contributed by atoms with van der Waals surface area (Å²) in [7, 11) is 0. The summed E-state index contributed by atoms with van der Waals surface area (Å²) >= 11 is 1.48. The number of thioether (sulfide) groups is 1. The summed E-state index contributed by atoms with van der Waals surface area (Å²) in [5, 5.41) is 7.46. The van der Waals surface area contributed by atoms with Gasteiger partial charge in [0.2, 0.25) is 5.91 Å². The Balaban J connectivity index is 1.41. The fourth-order valence-electron chi connectivity index (χ4n) is 5.23. The molecule has 0 spiro atoms. The van der Waals surface area contributed by atoms with E-state index in [1.165, 1.54) is 23.9 Å². The van der Waals surface area contributed by atoms with Gasteiger partial charge in [-0.3, -0.25) is 4.79 Å². The van der Waals surface area contributed by atoms with E-state index in [1.54, 1.807) is 12.1 Å². The number of imidazole rings is 1. The van der Waals surface area contributed by atoms with Gasteiger partial charge in [0.1, 0.15) is 11.5 Å². The zero-order valence-corrected chi connectivity index (χ0v) is 21.4. The number of halogens is 1. The molecule has 190 valence electrons. The standard InChI is InChI=1S/C28H29FN6OS/c1-17-4-11-21(32-22-14-31-15-22)13-23(17)28(26(30)36,19-7-8-19)35-12-2-3-24-25(35)34-27(33-24)37-16-18-5-9-20(29)10-6-18/h2-6,9-13,19,22,31-32H,7-8,14-16H2,1H3,(H2,30,36). The van der Waals surface area contributed by atoms with Crippen LogP contribution in [0.25, 0.3) is 11.5 Å².